The number of rotatable bonds is 5. The van der Waals surface area contributed by atoms with Crippen LogP contribution in [0.25, 0.3) is 6.08 Å². The van der Waals surface area contributed by atoms with E-state index in [1.165, 1.54) is 30.3 Å². The monoisotopic (exact) mass is 391 g/mol. The molecule has 0 saturated carbocycles. The number of para-hydroxylation sites is 1. The fourth-order valence-electron chi connectivity index (χ4n) is 2.77. The Morgan fingerprint density at radius 2 is 1.72 bits per heavy atom. The van der Waals surface area contributed by atoms with Crippen molar-refractivity contribution < 1.29 is 23.0 Å². The van der Waals surface area contributed by atoms with Gasteiger partial charge in [0.15, 0.2) is 5.70 Å². The van der Waals surface area contributed by atoms with Gasteiger partial charge in [-0.2, -0.15) is 0 Å². The van der Waals surface area contributed by atoms with Crippen molar-refractivity contribution in [1.29, 1.82) is 0 Å². The third-order valence-corrected chi connectivity index (χ3v) is 4.21. The van der Waals surface area contributed by atoms with Crippen LogP contribution in [0.4, 0.5) is 8.78 Å². The van der Waals surface area contributed by atoms with Gasteiger partial charge >= 0.3 is 5.97 Å². The summed E-state index contributed by atoms with van der Waals surface area (Å²) >= 11 is 0. The van der Waals surface area contributed by atoms with Gasteiger partial charge in [0.1, 0.15) is 24.0 Å². The molecular formula is C23H15F2NO3. The summed E-state index contributed by atoms with van der Waals surface area (Å²) in [5.41, 5.74) is 1.90. The molecule has 4 nitrogen and oxygen atoms in total. The molecule has 0 aliphatic carbocycles. The first-order valence-electron chi connectivity index (χ1n) is 8.83. The minimum Gasteiger partial charge on any atom is -0.488 e. The van der Waals surface area contributed by atoms with Gasteiger partial charge in [-0.05, 0) is 48.0 Å². The van der Waals surface area contributed by atoms with Crippen LogP contribution >= 0.6 is 0 Å². The normalized spacial score (nSPS) is 14.6. The van der Waals surface area contributed by atoms with E-state index in [0.29, 0.717) is 16.9 Å². The molecule has 0 amide bonds. The molecular weight excluding hydrogens is 376 g/mol. The van der Waals surface area contributed by atoms with Crippen molar-refractivity contribution in [2.45, 2.75) is 6.61 Å². The van der Waals surface area contributed by atoms with E-state index in [9.17, 15) is 13.6 Å². The molecule has 0 fully saturated rings. The van der Waals surface area contributed by atoms with Crippen LogP contribution in [-0.2, 0) is 16.1 Å². The molecule has 3 aromatic carbocycles. The zero-order valence-corrected chi connectivity index (χ0v) is 15.1. The number of benzene rings is 3. The molecule has 0 spiro atoms. The van der Waals surface area contributed by atoms with Gasteiger partial charge in [-0.1, -0.05) is 36.4 Å². The second-order valence-corrected chi connectivity index (χ2v) is 6.30. The number of esters is 1. The number of hydrogen-bond acceptors (Lipinski definition) is 4. The predicted octanol–water partition coefficient (Wildman–Crippen LogP) is 4.89. The smallest absolute Gasteiger partial charge is 0.363 e. The molecule has 0 radical (unpaired) electrons. The van der Waals surface area contributed by atoms with Crippen LogP contribution in [0.3, 0.4) is 0 Å². The van der Waals surface area contributed by atoms with Gasteiger partial charge in [0.25, 0.3) is 0 Å². The number of ether oxygens (including phenoxy) is 2. The van der Waals surface area contributed by atoms with Crippen LogP contribution in [0.1, 0.15) is 16.7 Å². The van der Waals surface area contributed by atoms with Crippen LogP contribution in [-0.4, -0.2) is 11.9 Å². The fraction of sp³-hybridized carbons (Fsp3) is 0.0435. The van der Waals surface area contributed by atoms with E-state index in [0.717, 1.165) is 5.56 Å². The topological polar surface area (TPSA) is 47.9 Å². The molecule has 6 heteroatoms. The van der Waals surface area contributed by atoms with E-state index in [-0.39, 0.29) is 24.0 Å². The average Bonchev–Trinajstić information content (AvgIpc) is 3.09. The number of hydrogen-bond donors (Lipinski definition) is 0. The molecule has 1 heterocycles. The molecule has 144 valence electrons. The van der Waals surface area contributed by atoms with Crippen molar-refractivity contribution in [2.24, 2.45) is 4.99 Å². The van der Waals surface area contributed by atoms with Crippen LogP contribution in [0, 0.1) is 11.6 Å². The summed E-state index contributed by atoms with van der Waals surface area (Å²) in [5, 5.41) is 0. The number of cyclic esters (lactones) is 1. The van der Waals surface area contributed by atoms with Gasteiger partial charge in [-0.25, -0.2) is 18.6 Å². The van der Waals surface area contributed by atoms with Crippen molar-refractivity contribution in [3.05, 3.63) is 107 Å². The molecule has 0 bridgehead atoms. The Bertz CT molecular complexity index is 1120. The standard InChI is InChI=1S/C23H15F2NO3/c24-18-10-8-15(9-11-18)14-28-21-7-2-1-4-16(21)13-20-23(27)29-22(26-20)17-5-3-6-19(25)12-17/h1-13H,14H2/b20-13+. The molecule has 29 heavy (non-hydrogen) atoms. The third-order valence-electron chi connectivity index (χ3n) is 4.21. The number of carbonyl (C=O) groups is 1. The maximum absolute atomic E-state index is 13.4. The summed E-state index contributed by atoms with van der Waals surface area (Å²) in [7, 11) is 0. The van der Waals surface area contributed by atoms with Crippen LogP contribution in [0.5, 0.6) is 5.75 Å². The SMILES string of the molecule is O=C1OC(c2cccc(F)c2)=N/C1=C/c1ccccc1OCc1ccc(F)cc1. The number of carbonyl (C=O) groups excluding carboxylic acids is 1. The molecule has 0 saturated heterocycles. The quantitative estimate of drug-likeness (QED) is 0.460. The Kier molecular flexibility index (Phi) is 5.16. The van der Waals surface area contributed by atoms with E-state index < -0.39 is 11.8 Å². The molecule has 0 unspecified atom stereocenters. The summed E-state index contributed by atoms with van der Waals surface area (Å²) in [6, 6.07) is 18.8. The highest BCUT2D eigenvalue weighted by atomic mass is 19.1. The molecule has 0 N–H and O–H groups in total. The first-order chi connectivity index (χ1) is 14.1. The van der Waals surface area contributed by atoms with Crippen LogP contribution in [0.15, 0.2) is 83.5 Å². The Morgan fingerprint density at radius 1 is 0.931 bits per heavy atom. The fourth-order valence-corrected chi connectivity index (χ4v) is 2.77. The molecule has 3 aromatic rings. The minimum atomic E-state index is -0.627. The largest absolute Gasteiger partial charge is 0.488 e. The lowest BCUT2D eigenvalue weighted by Crippen LogP contribution is -2.05. The number of aliphatic imine (C=N–C) groups is 1. The van der Waals surface area contributed by atoms with Crippen molar-refractivity contribution in [2.75, 3.05) is 0 Å². The number of halogens is 2. The second-order valence-electron chi connectivity index (χ2n) is 6.30. The van der Waals surface area contributed by atoms with Crippen LogP contribution < -0.4 is 4.74 Å². The van der Waals surface area contributed by atoms with Crippen molar-refractivity contribution in [1.82, 2.24) is 0 Å². The summed E-state index contributed by atoms with van der Waals surface area (Å²) in [6.45, 7) is 0.239. The van der Waals surface area contributed by atoms with Gasteiger partial charge in [0.2, 0.25) is 5.90 Å². The molecule has 0 atom stereocenters. The summed E-state index contributed by atoms with van der Waals surface area (Å²) < 4.78 is 37.4. The zero-order valence-electron chi connectivity index (χ0n) is 15.1. The Hall–Kier alpha value is -3.80. The summed E-state index contributed by atoms with van der Waals surface area (Å²) in [6.07, 6.45) is 1.55. The van der Waals surface area contributed by atoms with E-state index in [1.807, 2.05) is 0 Å². The molecule has 1 aliphatic heterocycles. The van der Waals surface area contributed by atoms with Gasteiger partial charge < -0.3 is 9.47 Å². The highest BCUT2D eigenvalue weighted by molar-refractivity contribution is 6.12. The third kappa shape index (κ3) is 4.38. The van der Waals surface area contributed by atoms with E-state index in [1.54, 1.807) is 48.5 Å². The summed E-state index contributed by atoms with van der Waals surface area (Å²) in [5.74, 6) is -0.807. The van der Waals surface area contributed by atoms with Gasteiger partial charge in [-0.15, -0.1) is 0 Å². The van der Waals surface area contributed by atoms with Gasteiger partial charge in [0.05, 0.1) is 0 Å². The van der Waals surface area contributed by atoms with E-state index in [2.05, 4.69) is 4.99 Å². The minimum absolute atomic E-state index is 0.0467. The number of nitrogens with zero attached hydrogens (tertiary/aromatic N) is 1. The van der Waals surface area contributed by atoms with Crippen molar-refractivity contribution in [3.8, 4) is 5.75 Å². The van der Waals surface area contributed by atoms with E-state index >= 15 is 0 Å². The molecule has 4 rings (SSSR count). The lowest BCUT2D eigenvalue weighted by molar-refractivity contribution is -0.129. The van der Waals surface area contributed by atoms with E-state index in [4.69, 9.17) is 9.47 Å². The summed E-state index contributed by atoms with van der Waals surface area (Å²) in [4.78, 5) is 16.4. The lowest BCUT2D eigenvalue weighted by Gasteiger charge is -2.09. The predicted molar refractivity (Wildman–Crippen MR) is 104 cm³/mol. The molecule has 0 aromatic heterocycles. The Labute approximate surface area is 165 Å². The Morgan fingerprint density at radius 3 is 2.52 bits per heavy atom. The van der Waals surface area contributed by atoms with Gasteiger partial charge in [-0.3, -0.25) is 0 Å². The maximum Gasteiger partial charge on any atom is 0.363 e. The highest BCUT2D eigenvalue weighted by Crippen LogP contribution is 2.25. The van der Waals surface area contributed by atoms with Crippen LogP contribution in [0.2, 0.25) is 0 Å². The van der Waals surface area contributed by atoms with Gasteiger partial charge in [0, 0.05) is 11.1 Å². The van der Waals surface area contributed by atoms with Crippen molar-refractivity contribution in [3.63, 3.8) is 0 Å². The highest BCUT2D eigenvalue weighted by Gasteiger charge is 2.24. The van der Waals surface area contributed by atoms with Crippen molar-refractivity contribution >= 4 is 17.9 Å². The Balaban J connectivity index is 1.57. The average molecular weight is 391 g/mol. The lowest BCUT2D eigenvalue weighted by atomic mass is 10.1. The second kappa shape index (κ2) is 8.06. The molecule has 1 aliphatic rings. The first kappa shape index (κ1) is 18.6. The maximum atomic E-state index is 13.4. The first-order valence-corrected chi connectivity index (χ1v) is 8.83. The zero-order chi connectivity index (χ0) is 20.2.